The second-order valence-corrected chi connectivity index (χ2v) is 5.54. The molecule has 108 valence electrons. The Kier molecular flexibility index (Phi) is 4.82. The van der Waals surface area contributed by atoms with Crippen LogP contribution >= 0.6 is 11.3 Å². The fraction of sp³-hybridized carbons (Fsp3) is 0.538. The summed E-state index contributed by atoms with van der Waals surface area (Å²) in [7, 11) is 1.29. The Hall–Kier alpha value is -1.78. The second-order valence-electron chi connectivity index (χ2n) is 4.52. The van der Waals surface area contributed by atoms with Crippen molar-refractivity contribution in [2.75, 3.05) is 31.3 Å². The quantitative estimate of drug-likeness (QED) is 0.824. The first-order valence-electron chi connectivity index (χ1n) is 6.43. The Balaban J connectivity index is 2.13. The zero-order valence-electron chi connectivity index (χ0n) is 11.3. The van der Waals surface area contributed by atoms with Gasteiger partial charge >= 0.3 is 5.97 Å². The molecule has 0 amide bonds. The first kappa shape index (κ1) is 14.6. The number of methoxy groups -OCH3 is 1. The number of nitriles is 1. The monoisotopic (exact) mass is 295 g/mol. The lowest BCUT2D eigenvalue weighted by Gasteiger charge is -2.23. The summed E-state index contributed by atoms with van der Waals surface area (Å²) >= 11 is 1.16. The summed E-state index contributed by atoms with van der Waals surface area (Å²) < 4.78 is 10.3. The number of hydrogen-bond acceptors (Lipinski definition) is 7. The van der Waals surface area contributed by atoms with E-state index in [-0.39, 0.29) is 17.4 Å². The van der Waals surface area contributed by atoms with Gasteiger partial charge in [-0.05, 0) is 19.3 Å². The number of rotatable bonds is 4. The summed E-state index contributed by atoms with van der Waals surface area (Å²) in [5.41, 5.74) is 6.23. The van der Waals surface area contributed by atoms with Crippen LogP contribution in [0, 0.1) is 11.3 Å². The predicted molar refractivity (Wildman–Crippen MR) is 76.9 cm³/mol. The van der Waals surface area contributed by atoms with E-state index in [4.69, 9.17) is 20.5 Å². The maximum Gasteiger partial charge on any atom is 0.343 e. The molecule has 1 aliphatic rings. The molecule has 1 aromatic heterocycles. The number of nitrogen functional groups attached to an aromatic ring is 1. The number of nitrogens with one attached hydrogen (secondary N) is 1. The number of esters is 1. The molecule has 0 aliphatic carbocycles. The molecule has 6 nitrogen and oxygen atoms in total. The molecular weight excluding hydrogens is 278 g/mol. The Morgan fingerprint density at radius 2 is 2.45 bits per heavy atom. The second kappa shape index (κ2) is 6.59. The highest BCUT2D eigenvalue weighted by Crippen LogP contribution is 2.35. The molecule has 1 fully saturated rings. The molecule has 7 heteroatoms. The lowest BCUT2D eigenvalue weighted by molar-refractivity contribution is 0.0247. The van der Waals surface area contributed by atoms with Crippen LogP contribution in [-0.4, -0.2) is 32.3 Å². The van der Waals surface area contributed by atoms with Gasteiger partial charge < -0.3 is 20.5 Å². The van der Waals surface area contributed by atoms with E-state index in [1.807, 2.05) is 6.07 Å². The molecule has 1 aliphatic heterocycles. The fourth-order valence-corrected chi connectivity index (χ4v) is 3.04. The van der Waals surface area contributed by atoms with Crippen molar-refractivity contribution >= 4 is 28.0 Å². The highest BCUT2D eigenvalue weighted by molar-refractivity contribution is 7.17. The minimum Gasteiger partial charge on any atom is -0.465 e. The fourth-order valence-electron chi connectivity index (χ4n) is 2.13. The highest BCUT2D eigenvalue weighted by atomic mass is 32.1. The van der Waals surface area contributed by atoms with Gasteiger partial charge in [0.1, 0.15) is 21.5 Å². The SMILES string of the molecule is COC(=O)c1c(NCC2CCCCO2)sc(C#N)c1N. The van der Waals surface area contributed by atoms with Gasteiger partial charge in [0.15, 0.2) is 0 Å². The highest BCUT2D eigenvalue weighted by Gasteiger charge is 2.23. The summed E-state index contributed by atoms with van der Waals surface area (Å²) in [4.78, 5) is 12.1. The zero-order chi connectivity index (χ0) is 14.5. The largest absolute Gasteiger partial charge is 0.465 e. The van der Waals surface area contributed by atoms with Gasteiger partial charge in [0.05, 0.1) is 18.9 Å². The molecule has 0 spiro atoms. The van der Waals surface area contributed by atoms with Gasteiger partial charge in [-0.2, -0.15) is 5.26 Å². The van der Waals surface area contributed by atoms with E-state index < -0.39 is 5.97 Å². The molecule has 1 aromatic rings. The number of carbonyl (C=O) groups excluding carboxylic acids is 1. The molecule has 3 N–H and O–H groups in total. The van der Waals surface area contributed by atoms with Crippen LogP contribution in [0.1, 0.15) is 34.5 Å². The Morgan fingerprint density at radius 1 is 1.65 bits per heavy atom. The lowest BCUT2D eigenvalue weighted by atomic mass is 10.1. The molecule has 20 heavy (non-hydrogen) atoms. The van der Waals surface area contributed by atoms with Gasteiger partial charge in [-0.1, -0.05) is 0 Å². The van der Waals surface area contributed by atoms with Crippen molar-refractivity contribution in [1.82, 2.24) is 0 Å². The van der Waals surface area contributed by atoms with Crippen molar-refractivity contribution in [3.8, 4) is 6.07 Å². The van der Waals surface area contributed by atoms with Gasteiger partial charge in [0.2, 0.25) is 0 Å². The van der Waals surface area contributed by atoms with E-state index in [0.717, 1.165) is 37.2 Å². The number of nitrogens with zero attached hydrogens (tertiary/aromatic N) is 1. The Morgan fingerprint density at radius 3 is 3.05 bits per heavy atom. The average Bonchev–Trinajstić information content (AvgIpc) is 2.81. The summed E-state index contributed by atoms with van der Waals surface area (Å²) in [6.45, 7) is 1.36. The predicted octanol–water partition coefficient (Wildman–Crippen LogP) is 1.97. The van der Waals surface area contributed by atoms with E-state index in [1.165, 1.54) is 7.11 Å². The van der Waals surface area contributed by atoms with Gasteiger partial charge in [-0.3, -0.25) is 0 Å². The minimum atomic E-state index is -0.535. The first-order chi connectivity index (χ1) is 9.67. The maximum absolute atomic E-state index is 11.8. The Labute approximate surface area is 121 Å². The van der Waals surface area contributed by atoms with Crippen molar-refractivity contribution in [2.45, 2.75) is 25.4 Å². The van der Waals surface area contributed by atoms with E-state index >= 15 is 0 Å². The third-order valence-electron chi connectivity index (χ3n) is 3.20. The molecule has 1 saturated heterocycles. The zero-order valence-corrected chi connectivity index (χ0v) is 12.1. The third kappa shape index (κ3) is 3.03. The number of anilines is 2. The van der Waals surface area contributed by atoms with E-state index in [0.29, 0.717) is 16.4 Å². The number of hydrogen-bond donors (Lipinski definition) is 2. The van der Waals surface area contributed by atoms with Crippen LogP contribution in [0.25, 0.3) is 0 Å². The van der Waals surface area contributed by atoms with Gasteiger partial charge in [-0.25, -0.2) is 4.79 Å². The first-order valence-corrected chi connectivity index (χ1v) is 7.25. The molecule has 2 rings (SSSR count). The topological polar surface area (TPSA) is 97.4 Å². The Bertz CT molecular complexity index is 530. The van der Waals surface area contributed by atoms with E-state index in [2.05, 4.69) is 5.32 Å². The van der Waals surface area contributed by atoms with Crippen molar-refractivity contribution in [3.05, 3.63) is 10.4 Å². The van der Waals surface area contributed by atoms with Crippen LogP contribution in [0.4, 0.5) is 10.7 Å². The van der Waals surface area contributed by atoms with Crippen LogP contribution in [-0.2, 0) is 9.47 Å². The molecule has 0 bridgehead atoms. The summed E-state index contributed by atoms with van der Waals surface area (Å²) in [5.74, 6) is -0.535. The van der Waals surface area contributed by atoms with E-state index in [9.17, 15) is 4.79 Å². The molecule has 1 atom stereocenters. The van der Waals surface area contributed by atoms with Crippen LogP contribution in [0.5, 0.6) is 0 Å². The maximum atomic E-state index is 11.8. The average molecular weight is 295 g/mol. The minimum absolute atomic E-state index is 0.128. The number of ether oxygens (including phenoxy) is 2. The van der Waals surface area contributed by atoms with Crippen LogP contribution < -0.4 is 11.1 Å². The third-order valence-corrected chi connectivity index (χ3v) is 4.27. The summed E-state index contributed by atoms with van der Waals surface area (Å²) in [5, 5.41) is 12.7. The smallest absolute Gasteiger partial charge is 0.343 e. The molecular formula is C13H17N3O3S. The van der Waals surface area contributed by atoms with E-state index in [1.54, 1.807) is 0 Å². The number of thiophene rings is 1. The standard InChI is InChI=1S/C13H17N3O3S/c1-18-13(17)10-11(15)9(6-14)20-12(10)16-7-8-4-2-3-5-19-8/h8,16H,2-5,7,15H2,1H3. The van der Waals surface area contributed by atoms with Crippen molar-refractivity contribution in [3.63, 3.8) is 0 Å². The molecule has 0 radical (unpaired) electrons. The van der Waals surface area contributed by atoms with Gasteiger partial charge in [0, 0.05) is 13.2 Å². The van der Waals surface area contributed by atoms with Gasteiger partial charge in [-0.15, -0.1) is 11.3 Å². The van der Waals surface area contributed by atoms with Crippen LogP contribution in [0.3, 0.4) is 0 Å². The summed E-state index contributed by atoms with van der Waals surface area (Å²) in [6.07, 6.45) is 3.36. The molecule has 0 saturated carbocycles. The molecule has 2 heterocycles. The van der Waals surface area contributed by atoms with Crippen LogP contribution in [0.2, 0.25) is 0 Å². The molecule has 0 aromatic carbocycles. The lowest BCUT2D eigenvalue weighted by Crippen LogP contribution is -2.27. The number of nitrogens with two attached hydrogens (primary N) is 1. The summed E-state index contributed by atoms with van der Waals surface area (Å²) in [6, 6.07) is 1.99. The molecule has 1 unspecified atom stereocenters. The number of carbonyl (C=O) groups is 1. The van der Waals surface area contributed by atoms with Crippen molar-refractivity contribution < 1.29 is 14.3 Å². The van der Waals surface area contributed by atoms with Gasteiger partial charge in [0.25, 0.3) is 0 Å². The van der Waals surface area contributed by atoms with Crippen molar-refractivity contribution in [2.24, 2.45) is 0 Å². The normalized spacial score (nSPS) is 18.3. The van der Waals surface area contributed by atoms with Crippen LogP contribution in [0.15, 0.2) is 0 Å². The van der Waals surface area contributed by atoms with Crippen molar-refractivity contribution in [1.29, 1.82) is 5.26 Å².